The number of amides is 4. The van der Waals surface area contributed by atoms with Gasteiger partial charge in [0.25, 0.3) is 11.8 Å². The summed E-state index contributed by atoms with van der Waals surface area (Å²) >= 11 is 0. The Morgan fingerprint density at radius 2 is 1.90 bits per heavy atom. The van der Waals surface area contributed by atoms with Gasteiger partial charge in [0.05, 0.1) is 25.0 Å². The van der Waals surface area contributed by atoms with E-state index in [9.17, 15) is 19.2 Å². The predicted molar refractivity (Wildman–Crippen MR) is 140 cm³/mol. The van der Waals surface area contributed by atoms with E-state index in [0.717, 1.165) is 10.5 Å². The Bertz CT molecular complexity index is 1440. The highest BCUT2D eigenvalue weighted by Crippen LogP contribution is 2.35. The van der Waals surface area contributed by atoms with Crippen LogP contribution in [0.15, 0.2) is 77.4 Å². The van der Waals surface area contributed by atoms with Crippen molar-refractivity contribution in [3.05, 3.63) is 101 Å². The van der Waals surface area contributed by atoms with Gasteiger partial charge in [-0.3, -0.25) is 19.8 Å². The fourth-order valence-corrected chi connectivity index (χ4v) is 3.96. The molecule has 1 aliphatic rings. The fourth-order valence-electron chi connectivity index (χ4n) is 3.96. The molecule has 3 aromatic rings. The highest BCUT2D eigenvalue weighted by atomic mass is 16.5. The zero-order valence-corrected chi connectivity index (χ0v) is 21.1. The van der Waals surface area contributed by atoms with Crippen molar-refractivity contribution in [1.82, 2.24) is 10.2 Å². The number of hydrogen-bond donors (Lipinski definition) is 2. The van der Waals surface area contributed by atoms with Crippen molar-refractivity contribution in [3.8, 4) is 11.5 Å². The molecule has 10 nitrogen and oxygen atoms in total. The number of carboxylic acids is 1. The van der Waals surface area contributed by atoms with Crippen LogP contribution in [-0.4, -0.2) is 40.4 Å². The summed E-state index contributed by atoms with van der Waals surface area (Å²) in [7, 11) is 0. The van der Waals surface area contributed by atoms with E-state index in [1.165, 1.54) is 24.5 Å². The Morgan fingerprint density at radius 3 is 2.54 bits per heavy atom. The van der Waals surface area contributed by atoms with Gasteiger partial charge in [0.2, 0.25) is 0 Å². The second-order valence-electron chi connectivity index (χ2n) is 8.51. The lowest BCUT2D eigenvalue weighted by Gasteiger charge is -2.25. The molecule has 4 amide bonds. The van der Waals surface area contributed by atoms with Gasteiger partial charge in [-0.2, -0.15) is 0 Å². The van der Waals surface area contributed by atoms with Crippen LogP contribution in [0.2, 0.25) is 0 Å². The third-order valence-corrected chi connectivity index (χ3v) is 5.79. The first kappa shape index (κ1) is 26.9. The van der Waals surface area contributed by atoms with Crippen LogP contribution in [0, 0.1) is 0 Å². The second kappa shape index (κ2) is 12.0. The van der Waals surface area contributed by atoms with E-state index in [4.69, 9.17) is 19.0 Å². The summed E-state index contributed by atoms with van der Waals surface area (Å²) in [5.41, 5.74) is 1.88. The Hall–Kier alpha value is -5.12. The molecule has 2 N–H and O–H groups in total. The average Bonchev–Trinajstić information content (AvgIpc) is 3.42. The number of allylic oxidation sites excluding steroid dienone is 1. The van der Waals surface area contributed by atoms with Crippen LogP contribution < -0.4 is 14.8 Å². The molecule has 4 rings (SSSR count). The number of carboxylic acid groups (broad SMARTS) is 1. The third-order valence-electron chi connectivity index (χ3n) is 5.79. The van der Waals surface area contributed by atoms with Crippen LogP contribution in [0.5, 0.6) is 11.5 Å². The smallest absolute Gasteiger partial charge is 0.335 e. The maximum absolute atomic E-state index is 13.1. The van der Waals surface area contributed by atoms with E-state index in [2.05, 4.69) is 11.9 Å². The van der Waals surface area contributed by atoms with Gasteiger partial charge in [0.15, 0.2) is 11.5 Å². The molecule has 1 saturated heterocycles. The molecule has 0 atom stereocenters. The number of imide groups is 2. The number of furan rings is 1. The molecule has 10 heteroatoms. The number of aromatic carboxylic acids is 1. The molecule has 39 heavy (non-hydrogen) atoms. The van der Waals surface area contributed by atoms with Crippen molar-refractivity contribution in [2.75, 3.05) is 6.61 Å². The molecular formula is C29H26N2O8. The molecule has 0 unspecified atom stereocenters. The van der Waals surface area contributed by atoms with Gasteiger partial charge in [-0.1, -0.05) is 18.2 Å². The van der Waals surface area contributed by atoms with E-state index in [0.29, 0.717) is 41.4 Å². The first-order chi connectivity index (χ1) is 18.8. The fraction of sp³-hybridized carbons (Fsp3) is 0.172. The molecular weight excluding hydrogens is 504 g/mol. The van der Waals surface area contributed by atoms with Crippen molar-refractivity contribution in [2.45, 2.75) is 26.5 Å². The van der Waals surface area contributed by atoms with Gasteiger partial charge in [-0.05, 0) is 66.9 Å². The molecule has 2 heterocycles. The number of nitrogens with zero attached hydrogens (tertiary/aromatic N) is 1. The number of benzene rings is 2. The van der Waals surface area contributed by atoms with Gasteiger partial charge >= 0.3 is 12.0 Å². The number of nitrogens with one attached hydrogen (secondary N) is 1. The molecule has 1 fully saturated rings. The molecule has 0 aliphatic carbocycles. The van der Waals surface area contributed by atoms with Crippen LogP contribution in [0.25, 0.3) is 6.08 Å². The largest absolute Gasteiger partial charge is 0.490 e. The number of rotatable bonds is 11. The van der Waals surface area contributed by atoms with Gasteiger partial charge in [-0.25, -0.2) is 9.59 Å². The minimum Gasteiger partial charge on any atom is -0.490 e. The quantitative estimate of drug-likeness (QED) is 0.212. The monoisotopic (exact) mass is 530 g/mol. The predicted octanol–water partition coefficient (Wildman–Crippen LogP) is 4.35. The molecule has 1 aliphatic heterocycles. The van der Waals surface area contributed by atoms with E-state index < -0.39 is 23.8 Å². The number of barbiturate groups is 1. The Balaban J connectivity index is 1.65. The summed E-state index contributed by atoms with van der Waals surface area (Å²) in [6, 6.07) is 12.1. The summed E-state index contributed by atoms with van der Waals surface area (Å²) in [4.78, 5) is 50.1. The number of urea groups is 1. The summed E-state index contributed by atoms with van der Waals surface area (Å²) < 4.78 is 17.2. The highest BCUT2D eigenvalue weighted by Gasteiger charge is 2.36. The lowest BCUT2D eigenvalue weighted by molar-refractivity contribution is -0.130. The summed E-state index contributed by atoms with van der Waals surface area (Å²) in [5, 5.41) is 11.3. The van der Waals surface area contributed by atoms with Crippen LogP contribution in [0.3, 0.4) is 0 Å². The lowest BCUT2D eigenvalue weighted by Crippen LogP contribution is -2.53. The molecule has 200 valence electrons. The molecule has 0 saturated carbocycles. The number of carbonyl (C=O) groups excluding carboxylic acids is 3. The summed E-state index contributed by atoms with van der Waals surface area (Å²) in [6.45, 7) is 5.95. The highest BCUT2D eigenvalue weighted by molar-refractivity contribution is 6.30. The van der Waals surface area contributed by atoms with E-state index >= 15 is 0 Å². The molecule has 0 radical (unpaired) electrons. The minimum atomic E-state index is -1.02. The number of ether oxygens (including phenoxy) is 2. The molecule has 2 aromatic carbocycles. The topological polar surface area (TPSA) is 135 Å². The SMILES string of the molecule is C=CCc1cc(/C=C2\C(=O)NC(=O)N(Cc3ccco3)C2=O)cc(OCC)c1OCc1ccc(C(=O)O)cc1. The maximum Gasteiger partial charge on any atom is 0.335 e. The average molecular weight is 531 g/mol. The van der Waals surface area contributed by atoms with Crippen LogP contribution in [-0.2, 0) is 29.2 Å². The van der Waals surface area contributed by atoms with E-state index in [1.54, 1.807) is 42.5 Å². The molecule has 0 bridgehead atoms. The lowest BCUT2D eigenvalue weighted by atomic mass is 10.0. The van der Waals surface area contributed by atoms with Crippen molar-refractivity contribution in [1.29, 1.82) is 0 Å². The van der Waals surface area contributed by atoms with E-state index in [1.807, 2.05) is 6.92 Å². The van der Waals surface area contributed by atoms with Crippen LogP contribution >= 0.6 is 0 Å². The van der Waals surface area contributed by atoms with Gasteiger partial charge in [-0.15, -0.1) is 6.58 Å². The maximum atomic E-state index is 13.1. The Morgan fingerprint density at radius 1 is 1.13 bits per heavy atom. The summed E-state index contributed by atoms with van der Waals surface area (Å²) in [6.07, 6.45) is 4.89. The Labute approximate surface area is 224 Å². The normalized spacial score (nSPS) is 14.3. The zero-order chi connectivity index (χ0) is 27.9. The number of hydrogen-bond acceptors (Lipinski definition) is 7. The van der Waals surface area contributed by atoms with Crippen molar-refractivity contribution < 1.29 is 38.2 Å². The van der Waals surface area contributed by atoms with Gasteiger partial charge in [0, 0.05) is 5.56 Å². The van der Waals surface area contributed by atoms with Crippen molar-refractivity contribution >= 4 is 29.9 Å². The molecule has 1 aromatic heterocycles. The first-order valence-corrected chi connectivity index (χ1v) is 12.1. The third kappa shape index (κ3) is 6.24. The first-order valence-electron chi connectivity index (χ1n) is 12.1. The minimum absolute atomic E-state index is 0.131. The van der Waals surface area contributed by atoms with Crippen LogP contribution in [0.1, 0.15) is 39.7 Å². The van der Waals surface area contributed by atoms with Crippen molar-refractivity contribution in [2.24, 2.45) is 0 Å². The van der Waals surface area contributed by atoms with E-state index in [-0.39, 0.29) is 24.3 Å². The van der Waals surface area contributed by atoms with Crippen LogP contribution in [0.4, 0.5) is 4.79 Å². The Kier molecular flexibility index (Phi) is 8.25. The second-order valence-corrected chi connectivity index (χ2v) is 8.51. The van der Waals surface area contributed by atoms with Gasteiger partial charge in [0.1, 0.15) is 17.9 Å². The zero-order valence-electron chi connectivity index (χ0n) is 21.1. The molecule has 0 spiro atoms. The summed E-state index contributed by atoms with van der Waals surface area (Å²) in [5.74, 6) is -1.35. The standard InChI is InChI=1S/C29H26N2O8/c1-3-6-21-13-19(14-23-26(32)30-29(36)31(27(23)33)16-22-7-5-12-38-22)15-24(37-4-2)25(21)39-17-18-8-10-20(11-9-18)28(34)35/h3,5,7-15H,1,4,6,16-17H2,2H3,(H,34,35)(H,30,32,36)/b23-14+. The van der Waals surface area contributed by atoms with Gasteiger partial charge < -0.3 is 19.0 Å². The number of carbonyl (C=O) groups is 4. The van der Waals surface area contributed by atoms with Crippen molar-refractivity contribution in [3.63, 3.8) is 0 Å².